The molecule has 0 aromatic carbocycles. The summed E-state index contributed by atoms with van der Waals surface area (Å²) in [4.78, 5) is 0. The molecule has 0 spiro atoms. The third-order valence-corrected chi connectivity index (χ3v) is 0.187. The molecule has 0 aromatic rings. The first-order valence-electron chi connectivity index (χ1n) is 1.35. The lowest BCUT2D eigenvalue weighted by atomic mass is 9.75. The standard InChI is InChI=1S/C2H4BNO/c1-3(5)2-4/h5H,1H3. The number of nitriles is 1. The van der Waals surface area contributed by atoms with Crippen LogP contribution in [0.4, 0.5) is 0 Å². The fourth-order valence-electron chi connectivity index (χ4n) is 0. The third kappa shape index (κ3) is 3.51. The minimum Gasteiger partial charge on any atom is -0.439 e. The van der Waals surface area contributed by atoms with Crippen molar-refractivity contribution in [3.05, 3.63) is 0 Å². The zero-order chi connectivity index (χ0) is 4.28. The van der Waals surface area contributed by atoms with Crippen LogP contribution in [0.5, 0.6) is 0 Å². The van der Waals surface area contributed by atoms with Crippen molar-refractivity contribution in [2.24, 2.45) is 0 Å². The first-order chi connectivity index (χ1) is 2.27. The highest BCUT2D eigenvalue weighted by Crippen LogP contribution is 1.60. The minimum absolute atomic E-state index is 0.810. The van der Waals surface area contributed by atoms with Crippen molar-refractivity contribution in [3.63, 3.8) is 0 Å². The Hall–Kier alpha value is -0.485. The predicted molar refractivity (Wildman–Crippen MR) is 19.4 cm³/mol. The summed E-state index contributed by atoms with van der Waals surface area (Å²) in [6, 6.07) is 0. The molecule has 0 aliphatic heterocycles. The van der Waals surface area contributed by atoms with E-state index < -0.39 is 6.92 Å². The van der Waals surface area contributed by atoms with Gasteiger partial charge in [-0.05, 0) is 6.82 Å². The fourth-order valence-corrected chi connectivity index (χ4v) is 0. The van der Waals surface area contributed by atoms with Crippen molar-refractivity contribution < 1.29 is 5.02 Å². The molecule has 0 heterocycles. The molecule has 0 radical (unpaired) electrons. The van der Waals surface area contributed by atoms with Gasteiger partial charge in [0.1, 0.15) is 0 Å². The molecule has 5 heavy (non-hydrogen) atoms. The van der Waals surface area contributed by atoms with Crippen molar-refractivity contribution in [1.82, 2.24) is 0 Å². The lowest BCUT2D eigenvalue weighted by molar-refractivity contribution is 0.594. The van der Waals surface area contributed by atoms with Crippen molar-refractivity contribution in [1.29, 1.82) is 5.26 Å². The summed E-state index contributed by atoms with van der Waals surface area (Å²) < 4.78 is 0. The Morgan fingerprint density at radius 2 is 2.20 bits per heavy atom. The molecular weight excluding hydrogens is 64.8 g/mol. The van der Waals surface area contributed by atoms with Crippen molar-refractivity contribution >= 4 is 6.92 Å². The smallest absolute Gasteiger partial charge is 0.408 e. The maximum atomic E-state index is 8.00. The first kappa shape index (κ1) is 4.51. The van der Waals surface area contributed by atoms with Crippen LogP contribution in [0.25, 0.3) is 0 Å². The SMILES string of the molecule is CB(O)C#N. The van der Waals surface area contributed by atoms with Crippen LogP contribution in [0.3, 0.4) is 0 Å². The van der Waals surface area contributed by atoms with Gasteiger partial charge in [-0.15, -0.1) is 0 Å². The van der Waals surface area contributed by atoms with E-state index in [1.54, 1.807) is 5.97 Å². The van der Waals surface area contributed by atoms with E-state index in [2.05, 4.69) is 0 Å². The normalized spacial score (nSPS) is 5.80. The Kier molecular flexibility index (Phi) is 1.62. The van der Waals surface area contributed by atoms with Gasteiger partial charge in [0, 0.05) is 5.97 Å². The third-order valence-electron chi connectivity index (χ3n) is 0.187. The number of nitrogens with zero attached hydrogens (tertiary/aromatic N) is 1. The van der Waals surface area contributed by atoms with Crippen LogP contribution >= 0.6 is 0 Å². The molecule has 0 fully saturated rings. The van der Waals surface area contributed by atoms with Crippen LogP contribution in [-0.4, -0.2) is 11.9 Å². The van der Waals surface area contributed by atoms with Crippen LogP contribution in [-0.2, 0) is 0 Å². The number of rotatable bonds is 0. The van der Waals surface area contributed by atoms with E-state index in [9.17, 15) is 0 Å². The van der Waals surface area contributed by atoms with E-state index in [4.69, 9.17) is 10.3 Å². The average Bonchev–Trinajstić information content (AvgIpc) is 1.38. The van der Waals surface area contributed by atoms with Crippen LogP contribution in [0.15, 0.2) is 0 Å². The Labute approximate surface area is 31.1 Å². The van der Waals surface area contributed by atoms with Gasteiger partial charge < -0.3 is 5.02 Å². The molecule has 2 nitrogen and oxygen atoms in total. The van der Waals surface area contributed by atoms with Crippen LogP contribution in [0.1, 0.15) is 0 Å². The van der Waals surface area contributed by atoms with Gasteiger partial charge in [-0.25, -0.2) is 5.26 Å². The molecule has 0 aliphatic rings. The molecule has 0 bridgehead atoms. The minimum atomic E-state index is -0.810. The lowest BCUT2D eigenvalue weighted by Crippen LogP contribution is -1.98. The Morgan fingerprint density at radius 3 is 2.20 bits per heavy atom. The highest BCUT2D eigenvalue weighted by atomic mass is 16.2. The van der Waals surface area contributed by atoms with Crippen molar-refractivity contribution in [2.75, 3.05) is 0 Å². The van der Waals surface area contributed by atoms with Crippen molar-refractivity contribution in [3.8, 4) is 5.97 Å². The highest BCUT2D eigenvalue weighted by Gasteiger charge is 1.92. The molecule has 0 rings (SSSR count). The molecule has 0 atom stereocenters. The molecule has 0 aromatic heterocycles. The molecule has 0 aliphatic carbocycles. The fraction of sp³-hybridized carbons (Fsp3) is 0.500. The van der Waals surface area contributed by atoms with E-state index in [1.807, 2.05) is 0 Å². The first-order valence-corrected chi connectivity index (χ1v) is 1.35. The summed E-state index contributed by atoms with van der Waals surface area (Å²) >= 11 is 0. The molecule has 0 amide bonds. The molecule has 3 heteroatoms. The monoisotopic (exact) mass is 69.0 g/mol. The van der Waals surface area contributed by atoms with E-state index in [0.717, 1.165) is 0 Å². The quantitative estimate of drug-likeness (QED) is 0.395. The number of hydrogen-bond acceptors (Lipinski definition) is 2. The van der Waals surface area contributed by atoms with Gasteiger partial charge in [0.2, 0.25) is 0 Å². The zero-order valence-electron chi connectivity index (χ0n) is 2.97. The highest BCUT2D eigenvalue weighted by molar-refractivity contribution is 6.57. The summed E-state index contributed by atoms with van der Waals surface area (Å²) in [6.45, 7) is 0.606. The predicted octanol–water partition coefficient (Wildman–Crippen LogP) is -0.337. The average molecular weight is 68.9 g/mol. The maximum Gasteiger partial charge on any atom is 0.408 e. The largest absolute Gasteiger partial charge is 0.439 e. The summed E-state index contributed by atoms with van der Waals surface area (Å²) in [5.41, 5.74) is 0. The molecule has 1 N–H and O–H groups in total. The number of hydrogen-bond donors (Lipinski definition) is 1. The molecule has 26 valence electrons. The molecule has 0 saturated heterocycles. The second-order valence-electron chi connectivity index (χ2n) is 0.805. The van der Waals surface area contributed by atoms with E-state index in [1.165, 1.54) is 6.82 Å². The van der Waals surface area contributed by atoms with E-state index in [-0.39, 0.29) is 0 Å². The van der Waals surface area contributed by atoms with Gasteiger partial charge in [0.25, 0.3) is 0 Å². The van der Waals surface area contributed by atoms with E-state index >= 15 is 0 Å². The Morgan fingerprint density at radius 1 is 2.00 bits per heavy atom. The van der Waals surface area contributed by atoms with Gasteiger partial charge in [0.15, 0.2) is 0 Å². The maximum absolute atomic E-state index is 8.00. The van der Waals surface area contributed by atoms with Crippen LogP contribution < -0.4 is 0 Å². The molecule has 0 saturated carbocycles. The zero-order valence-corrected chi connectivity index (χ0v) is 2.97. The summed E-state index contributed by atoms with van der Waals surface area (Å²) in [5, 5.41) is 15.6. The van der Waals surface area contributed by atoms with Crippen LogP contribution in [0, 0.1) is 11.2 Å². The van der Waals surface area contributed by atoms with Gasteiger partial charge in [0.05, 0.1) is 0 Å². The second-order valence-corrected chi connectivity index (χ2v) is 0.805. The molecular formula is C2H4BNO. The summed E-state index contributed by atoms with van der Waals surface area (Å²) in [5.74, 6) is 1.58. The summed E-state index contributed by atoms with van der Waals surface area (Å²) in [6.07, 6.45) is 0. The van der Waals surface area contributed by atoms with Gasteiger partial charge in [-0.2, -0.15) is 0 Å². The van der Waals surface area contributed by atoms with Crippen molar-refractivity contribution in [2.45, 2.75) is 6.82 Å². The van der Waals surface area contributed by atoms with Gasteiger partial charge >= 0.3 is 6.92 Å². The van der Waals surface area contributed by atoms with Gasteiger partial charge in [-0.1, -0.05) is 0 Å². The lowest BCUT2D eigenvalue weighted by Gasteiger charge is -1.68. The van der Waals surface area contributed by atoms with Crippen LogP contribution in [0.2, 0.25) is 6.82 Å². The summed E-state index contributed by atoms with van der Waals surface area (Å²) in [7, 11) is 0. The second kappa shape index (κ2) is 1.80. The van der Waals surface area contributed by atoms with Gasteiger partial charge in [-0.3, -0.25) is 0 Å². The topological polar surface area (TPSA) is 44.0 Å². The Bertz CT molecular complexity index is 55.2. The molecule has 0 unspecified atom stereocenters. The van der Waals surface area contributed by atoms with E-state index in [0.29, 0.717) is 0 Å². The Balaban J connectivity index is 2.94.